The quantitative estimate of drug-likeness (QED) is 0.317. The molecule has 0 fully saturated rings. The summed E-state index contributed by atoms with van der Waals surface area (Å²) in [6.45, 7) is 0. The van der Waals surface area contributed by atoms with Crippen LogP contribution in [0.1, 0.15) is 16.1 Å². The van der Waals surface area contributed by atoms with Gasteiger partial charge in [0.2, 0.25) is 5.95 Å². The van der Waals surface area contributed by atoms with Crippen molar-refractivity contribution in [3.8, 4) is 0 Å². The second-order valence-corrected chi connectivity index (χ2v) is 7.24. The van der Waals surface area contributed by atoms with Crippen LogP contribution in [0.5, 0.6) is 0 Å². The maximum atomic E-state index is 13.3. The molecule has 32 heavy (non-hydrogen) atoms. The molecule has 0 bridgehead atoms. The SMILES string of the molecule is O=C(Nc1cc(C(F)(F)F)ccn1)c1cc2[nH]c(Nc3c(Cl)cc(F)cc3Cl)nc2cn1. The third-order valence-corrected chi connectivity index (χ3v) is 4.78. The van der Waals surface area contributed by atoms with Crippen molar-refractivity contribution in [2.45, 2.75) is 6.18 Å². The number of carbonyl (C=O) groups excluding carboxylic acids is 1. The highest BCUT2D eigenvalue weighted by molar-refractivity contribution is 6.39. The number of aromatic nitrogens is 4. The Morgan fingerprint density at radius 2 is 1.78 bits per heavy atom. The highest BCUT2D eigenvalue weighted by Crippen LogP contribution is 2.33. The predicted octanol–water partition coefficient (Wildman–Crippen LogP) is 5.81. The summed E-state index contributed by atoms with van der Waals surface area (Å²) in [5.41, 5.74) is -0.0664. The smallest absolute Gasteiger partial charge is 0.324 e. The van der Waals surface area contributed by atoms with Gasteiger partial charge < -0.3 is 15.6 Å². The van der Waals surface area contributed by atoms with Crippen LogP contribution in [0.25, 0.3) is 11.0 Å². The molecule has 0 aliphatic carbocycles. The molecule has 4 aromatic rings. The summed E-state index contributed by atoms with van der Waals surface area (Å²) in [6.07, 6.45) is -2.35. The topological polar surface area (TPSA) is 95.6 Å². The number of pyridine rings is 2. The summed E-state index contributed by atoms with van der Waals surface area (Å²) < 4.78 is 51.8. The molecule has 3 N–H and O–H groups in total. The molecule has 0 unspecified atom stereocenters. The number of alkyl halides is 3. The van der Waals surface area contributed by atoms with Gasteiger partial charge in [0.1, 0.15) is 22.8 Å². The van der Waals surface area contributed by atoms with Gasteiger partial charge in [-0.3, -0.25) is 4.79 Å². The lowest BCUT2D eigenvalue weighted by molar-refractivity contribution is -0.137. The zero-order valence-corrected chi connectivity index (χ0v) is 17.1. The van der Waals surface area contributed by atoms with Crippen molar-refractivity contribution in [2.75, 3.05) is 10.6 Å². The zero-order chi connectivity index (χ0) is 23.0. The predicted molar refractivity (Wildman–Crippen MR) is 111 cm³/mol. The molecule has 0 aliphatic rings. The minimum atomic E-state index is -4.57. The Kier molecular flexibility index (Phi) is 5.61. The lowest BCUT2D eigenvalue weighted by Gasteiger charge is -2.08. The van der Waals surface area contributed by atoms with Gasteiger partial charge in [0, 0.05) is 6.20 Å². The maximum Gasteiger partial charge on any atom is 0.416 e. The number of hydrogen-bond donors (Lipinski definition) is 3. The first-order chi connectivity index (χ1) is 15.1. The van der Waals surface area contributed by atoms with Gasteiger partial charge in [0.15, 0.2) is 0 Å². The first kappa shape index (κ1) is 21.8. The van der Waals surface area contributed by atoms with E-state index in [0.29, 0.717) is 17.1 Å². The molecule has 164 valence electrons. The van der Waals surface area contributed by atoms with Gasteiger partial charge in [-0.2, -0.15) is 13.2 Å². The number of benzene rings is 1. The molecule has 3 aromatic heterocycles. The molecule has 4 rings (SSSR count). The molecule has 13 heteroatoms. The molecular weight excluding hydrogens is 475 g/mol. The third-order valence-electron chi connectivity index (χ3n) is 4.18. The van der Waals surface area contributed by atoms with E-state index in [1.165, 1.54) is 12.3 Å². The van der Waals surface area contributed by atoms with E-state index in [0.717, 1.165) is 24.4 Å². The van der Waals surface area contributed by atoms with Gasteiger partial charge in [-0.05, 0) is 30.3 Å². The molecule has 0 radical (unpaired) electrons. The van der Waals surface area contributed by atoms with Crippen molar-refractivity contribution in [3.63, 3.8) is 0 Å². The normalized spacial score (nSPS) is 11.6. The number of rotatable bonds is 4. The van der Waals surface area contributed by atoms with E-state index in [9.17, 15) is 22.4 Å². The van der Waals surface area contributed by atoms with E-state index in [-0.39, 0.29) is 33.2 Å². The van der Waals surface area contributed by atoms with E-state index in [4.69, 9.17) is 23.2 Å². The van der Waals surface area contributed by atoms with Crippen LogP contribution in [0.4, 0.5) is 35.0 Å². The number of hydrogen-bond acceptors (Lipinski definition) is 5. The Labute approximate surface area is 186 Å². The van der Waals surface area contributed by atoms with Gasteiger partial charge in [-0.25, -0.2) is 19.3 Å². The summed E-state index contributed by atoms with van der Waals surface area (Å²) in [4.78, 5) is 27.2. The van der Waals surface area contributed by atoms with E-state index >= 15 is 0 Å². The summed E-state index contributed by atoms with van der Waals surface area (Å²) >= 11 is 12.0. The van der Waals surface area contributed by atoms with Gasteiger partial charge in [-0.15, -0.1) is 0 Å². The number of anilines is 3. The van der Waals surface area contributed by atoms with Crippen molar-refractivity contribution < 1.29 is 22.4 Å². The van der Waals surface area contributed by atoms with Crippen molar-refractivity contribution in [2.24, 2.45) is 0 Å². The summed E-state index contributed by atoms with van der Waals surface area (Å²) in [5, 5.41) is 5.15. The standard InChI is InChI=1S/C19H10Cl2F4N6O/c20-10-4-9(22)5-11(21)16(10)31-18-28-12-6-13(27-7-14(12)29-18)17(32)30-15-3-8(1-2-26-15)19(23,24)25/h1-7H,(H,26,30,32)(H2,28,29,31). The maximum absolute atomic E-state index is 13.3. The zero-order valence-electron chi connectivity index (χ0n) is 15.6. The van der Waals surface area contributed by atoms with Crippen LogP contribution in [-0.4, -0.2) is 25.8 Å². The molecule has 0 saturated heterocycles. The Morgan fingerprint density at radius 3 is 2.47 bits per heavy atom. The number of fused-ring (bicyclic) bond motifs is 1. The average molecular weight is 485 g/mol. The van der Waals surface area contributed by atoms with E-state index < -0.39 is 23.5 Å². The minimum absolute atomic E-state index is 0.0298. The van der Waals surface area contributed by atoms with Crippen molar-refractivity contribution >= 4 is 57.6 Å². The van der Waals surface area contributed by atoms with Gasteiger partial charge in [0.05, 0.1) is 33.0 Å². The number of nitrogens with one attached hydrogen (secondary N) is 3. The Balaban J connectivity index is 1.56. The van der Waals surface area contributed by atoms with Crippen molar-refractivity contribution in [1.82, 2.24) is 19.9 Å². The lowest BCUT2D eigenvalue weighted by atomic mass is 10.2. The number of carbonyl (C=O) groups is 1. The molecule has 1 aromatic carbocycles. The van der Waals surface area contributed by atoms with Gasteiger partial charge in [-0.1, -0.05) is 23.2 Å². The van der Waals surface area contributed by atoms with E-state index in [1.807, 2.05) is 0 Å². The Bertz CT molecular complexity index is 1320. The van der Waals surface area contributed by atoms with Crippen LogP contribution in [-0.2, 0) is 6.18 Å². The number of amides is 1. The van der Waals surface area contributed by atoms with Gasteiger partial charge >= 0.3 is 6.18 Å². The van der Waals surface area contributed by atoms with Gasteiger partial charge in [0.25, 0.3) is 5.91 Å². The molecule has 0 spiro atoms. The summed E-state index contributed by atoms with van der Waals surface area (Å²) in [5.74, 6) is -1.47. The number of aromatic amines is 1. The number of H-pyrrole nitrogens is 1. The molecule has 0 atom stereocenters. The first-order valence-corrected chi connectivity index (χ1v) is 9.47. The highest BCUT2D eigenvalue weighted by Gasteiger charge is 2.31. The van der Waals surface area contributed by atoms with Crippen molar-refractivity contribution in [3.05, 3.63) is 69.8 Å². The van der Waals surface area contributed by atoms with Crippen LogP contribution in [0.15, 0.2) is 42.7 Å². The number of nitrogens with zero attached hydrogens (tertiary/aromatic N) is 3. The van der Waals surface area contributed by atoms with Crippen LogP contribution in [0.2, 0.25) is 10.0 Å². The van der Waals surface area contributed by atoms with Crippen LogP contribution < -0.4 is 10.6 Å². The second-order valence-electron chi connectivity index (χ2n) is 6.42. The summed E-state index contributed by atoms with van der Waals surface area (Å²) in [6, 6.07) is 5.00. The van der Waals surface area contributed by atoms with Crippen LogP contribution >= 0.6 is 23.2 Å². The molecule has 1 amide bonds. The fraction of sp³-hybridized carbons (Fsp3) is 0.0526. The minimum Gasteiger partial charge on any atom is -0.324 e. The Morgan fingerprint density at radius 1 is 1.06 bits per heavy atom. The largest absolute Gasteiger partial charge is 0.416 e. The first-order valence-electron chi connectivity index (χ1n) is 8.72. The molecule has 3 heterocycles. The van der Waals surface area contributed by atoms with E-state index in [2.05, 4.69) is 30.6 Å². The molecule has 0 aliphatic heterocycles. The third kappa shape index (κ3) is 4.58. The average Bonchev–Trinajstić information content (AvgIpc) is 3.12. The molecular formula is C19H10Cl2F4N6O. The fourth-order valence-electron chi connectivity index (χ4n) is 2.73. The fourth-order valence-corrected chi connectivity index (χ4v) is 3.29. The Hall–Kier alpha value is -3.44. The van der Waals surface area contributed by atoms with Crippen LogP contribution in [0, 0.1) is 5.82 Å². The van der Waals surface area contributed by atoms with Crippen molar-refractivity contribution in [1.29, 1.82) is 0 Å². The monoisotopic (exact) mass is 484 g/mol. The molecule has 7 nitrogen and oxygen atoms in total. The number of halogens is 6. The second kappa shape index (κ2) is 8.24. The number of imidazole rings is 1. The van der Waals surface area contributed by atoms with Crippen LogP contribution in [0.3, 0.4) is 0 Å². The molecule has 0 saturated carbocycles. The highest BCUT2D eigenvalue weighted by atomic mass is 35.5. The lowest BCUT2D eigenvalue weighted by Crippen LogP contribution is -2.15. The van der Waals surface area contributed by atoms with E-state index in [1.54, 1.807) is 0 Å². The summed E-state index contributed by atoms with van der Waals surface area (Å²) in [7, 11) is 0.